The highest BCUT2D eigenvalue weighted by atomic mass is 15.3. The van der Waals surface area contributed by atoms with Crippen LogP contribution in [0.3, 0.4) is 0 Å². The fourth-order valence-corrected chi connectivity index (χ4v) is 2.76. The van der Waals surface area contributed by atoms with Gasteiger partial charge in [0.1, 0.15) is 0 Å². The third kappa shape index (κ3) is 3.07. The second kappa shape index (κ2) is 5.65. The number of nitrogens with two attached hydrogens (primary N) is 1. The Kier molecular flexibility index (Phi) is 4.18. The third-order valence-electron chi connectivity index (χ3n) is 3.62. The molecular formula is C13H24N4. The average molecular weight is 236 g/mol. The van der Waals surface area contributed by atoms with Crippen molar-refractivity contribution in [3.05, 3.63) is 17.5 Å². The summed E-state index contributed by atoms with van der Waals surface area (Å²) in [6.07, 6.45) is 2.47. The van der Waals surface area contributed by atoms with Crippen LogP contribution in [0.5, 0.6) is 0 Å². The topological polar surface area (TPSA) is 47.1 Å². The van der Waals surface area contributed by atoms with E-state index in [0.717, 1.165) is 31.2 Å². The maximum atomic E-state index is 5.62. The lowest BCUT2D eigenvalue weighted by molar-refractivity contribution is 0.303. The molecule has 1 aromatic heterocycles. The molecular weight excluding hydrogens is 212 g/mol. The van der Waals surface area contributed by atoms with Gasteiger partial charge >= 0.3 is 0 Å². The Bertz CT molecular complexity index is 358. The Morgan fingerprint density at radius 1 is 1.53 bits per heavy atom. The maximum Gasteiger partial charge on any atom is 0.0597 e. The summed E-state index contributed by atoms with van der Waals surface area (Å²) in [6.45, 7) is 9.45. The van der Waals surface area contributed by atoms with Crippen LogP contribution < -0.4 is 5.73 Å². The lowest BCUT2D eigenvalue weighted by Gasteiger charge is -2.16. The molecule has 0 saturated carbocycles. The molecule has 1 saturated heterocycles. The highest BCUT2D eigenvalue weighted by Crippen LogP contribution is 2.21. The molecule has 2 N–H and O–H groups in total. The van der Waals surface area contributed by atoms with Crippen LogP contribution in [0.1, 0.15) is 31.2 Å². The van der Waals surface area contributed by atoms with Crippen molar-refractivity contribution in [2.45, 2.75) is 39.8 Å². The summed E-state index contributed by atoms with van der Waals surface area (Å²) in [6, 6.07) is 2.21. The number of rotatable bonds is 5. The molecule has 4 heteroatoms. The van der Waals surface area contributed by atoms with Gasteiger partial charge in [0, 0.05) is 19.6 Å². The van der Waals surface area contributed by atoms with E-state index < -0.39 is 0 Å². The number of hydrogen-bond acceptors (Lipinski definition) is 3. The van der Waals surface area contributed by atoms with Crippen molar-refractivity contribution in [3.8, 4) is 0 Å². The smallest absolute Gasteiger partial charge is 0.0597 e. The minimum atomic E-state index is 0.805. The summed E-state index contributed by atoms with van der Waals surface area (Å²) >= 11 is 0. The van der Waals surface area contributed by atoms with Gasteiger partial charge < -0.3 is 5.73 Å². The molecule has 17 heavy (non-hydrogen) atoms. The minimum absolute atomic E-state index is 0.805. The second-order valence-corrected chi connectivity index (χ2v) is 5.06. The van der Waals surface area contributed by atoms with Crippen LogP contribution in [0.4, 0.5) is 0 Å². The summed E-state index contributed by atoms with van der Waals surface area (Å²) in [4.78, 5) is 2.53. The highest BCUT2D eigenvalue weighted by Gasteiger charge is 2.22. The summed E-state index contributed by atoms with van der Waals surface area (Å²) in [7, 11) is 0. The molecule has 1 fully saturated rings. The van der Waals surface area contributed by atoms with Crippen LogP contribution in [-0.2, 0) is 13.1 Å². The Morgan fingerprint density at radius 3 is 3.06 bits per heavy atom. The van der Waals surface area contributed by atoms with Gasteiger partial charge in [-0.2, -0.15) is 5.10 Å². The molecule has 0 spiro atoms. The standard InChI is InChI=1S/C13H24N4/c1-3-17-13(8-11(2)15-17)10-16-7-5-12(9-16)4-6-14/h8,12H,3-7,9-10,14H2,1-2H3. The summed E-state index contributed by atoms with van der Waals surface area (Å²) in [5.74, 6) is 0.805. The van der Waals surface area contributed by atoms with Crippen LogP contribution in [0, 0.1) is 12.8 Å². The molecule has 0 radical (unpaired) electrons. The minimum Gasteiger partial charge on any atom is -0.330 e. The molecule has 1 aromatic rings. The van der Waals surface area contributed by atoms with Crippen molar-refractivity contribution < 1.29 is 0 Å². The zero-order valence-electron chi connectivity index (χ0n) is 11.0. The van der Waals surface area contributed by atoms with Crippen molar-refractivity contribution in [1.29, 1.82) is 0 Å². The van der Waals surface area contributed by atoms with E-state index in [0.29, 0.717) is 0 Å². The largest absolute Gasteiger partial charge is 0.330 e. The predicted molar refractivity (Wildman–Crippen MR) is 69.7 cm³/mol. The molecule has 1 atom stereocenters. The predicted octanol–water partition coefficient (Wildman–Crippen LogP) is 1.38. The van der Waals surface area contributed by atoms with Crippen LogP contribution >= 0.6 is 0 Å². The first-order chi connectivity index (χ1) is 8.22. The number of nitrogens with zero attached hydrogens (tertiary/aromatic N) is 3. The van der Waals surface area contributed by atoms with E-state index in [2.05, 4.69) is 34.6 Å². The van der Waals surface area contributed by atoms with E-state index in [9.17, 15) is 0 Å². The van der Waals surface area contributed by atoms with E-state index in [-0.39, 0.29) is 0 Å². The highest BCUT2D eigenvalue weighted by molar-refractivity contribution is 5.09. The van der Waals surface area contributed by atoms with E-state index in [4.69, 9.17) is 5.73 Å². The van der Waals surface area contributed by atoms with Crippen LogP contribution in [0.15, 0.2) is 6.07 Å². The first-order valence-corrected chi connectivity index (χ1v) is 6.68. The normalized spacial score (nSPS) is 21.2. The Balaban J connectivity index is 1.93. The molecule has 0 amide bonds. The van der Waals surface area contributed by atoms with Crippen LogP contribution in [0.25, 0.3) is 0 Å². The molecule has 4 nitrogen and oxygen atoms in total. The van der Waals surface area contributed by atoms with Crippen molar-refractivity contribution in [2.75, 3.05) is 19.6 Å². The number of hydrogen-bond donors (Lipinski definition) is 1. The molecule has 1 aliphatic rings. The van der Waals surface area contributed by atoms with Crippen molar-refractivity contribution >= 4 is 0 Å². The summed E-state index contributed by atoms with van der Waals surface area (Å²) in [5.41, 5.74) is 8.09. The van der Waals surface area contributed by atoms with Gasteiger partial charge in [-0.1, -0.05) is 0 Å². The van der Waals surface area contributed by atoms with E-state index in [1.807, 2.05) is 0 Å². The lowest BCUT2D eigenvalue weighted by Crippen LogP contribution is -2.22. The van der Waals surface area contributed by atoms with Gasteiger partial charge in [-0.25, -0.2) is 0 Å². The molecule has 96 valence electrons. The number of likely N-dealkylation sites (tertiary alicyclic amines) is 1. The lowest BCUT2D eigenvalue weighted by atomic mass is 10.1. The molecule has 2 rings (SSSR count). The fraction of sp³-hybridized carbons (Fsp3) is 0.769. The molecule has 1 aliphatic heterocycles. The van der Waals surface area contributed by atoms with Crippen molar-refractivity contribution in [3.63, 3.8) is 0 Å². The van der Waals surface area contributed by atoms with Gasteiger partial charge in [-0.15, -0.1) is 0 Å². The molecule has 0 aliphatic carbocycles. The monoisotopic (exact) mass is 236 g/mol. The molecule has 0 bridgehead atoms. The SMILES string of the molecule is CCn1nc(C)cc1CN1CCC(CCN)C1. The zero-order valence-corrected chi connectivity index (χ0v) is 11.0. The fourth-order valence-electron chi connectivity index (χ4n) is 2.76. The van der Waals surface area contributed by atoms with Gasteiger partial charge in [0.15, 0.2) is 0 Å². The maximum absolute atomic E-state index is 5.62. The van der Waals surface area contributed by atoms with Gasteiger partial charge in [0.05, 0.1) is 11.4 Å². The Hall–Kier alpha value is -0.870. The van der Waals surface area contributed by atoms with E-state index in [1.165, 1.54) is 31.6 Å². The Labute approximate surface area is 104 Å². The van der Waals surface area contributed by atoms with Crippen LogP contribution in [-0.4, -0.2) is 34.3 Å². The third-order valence-corrected chi connectivity index (χ3v) is 3.62. The zero-order chi connectivity index (χ0) is 12.3. The number of aromatic nitrogens is 2. The van der Waals surface area contributed by atoms with Gasteiger partial charge in [0.25, 0.3) is 0 Å². The van der Waals surface area contributed by atoms with Gasteiger partial charge in [-0.05, 0) is 51.8 Å². The van der Waals surface area contributed by atoms with Crippen molar-refractivity contribution in [2.24, 2.45) is 11.7 Å². The second-order valence-electron chi connectivity index (χ2n) is 5.06. The Morgan fingerprint density at radius 2 is 2.35 bits per heavy atom. The quantitative estimate of drug-likeness (QED) is 0.840. The first kappa shape index (κ1) is 12.6. The summed E-state index contributed by atoms with van der Waals surface area (Å²) in [5, 5.41) is 4.50. The molecule has 0 aromatic carbocycles. The van der Waals surface area contributed by atoms with Crippen molar-refractivity contribution in [1.82, 2.24) is 14.7 Å². The molecule has 1 unspecified atom stereocenters. The first-order valence-electron chi connectivity index (χ1n) is 6.68. The van der Waals surface area contributed by atoms with E-state index in [1.54, 1.807) is 0 Å². The number of aryl methyl sites for hydroxylation is 2. The van der Waals surface area contributed by atoms with Gasteiger partial charge in [0.2, 0.25) is 0 Å². The average Bonchev–Trinajstić information content (AvgIpc) is 2.87. The van der Waals surface area contributed by atoms with Gasteiger partial charge in [-0.3, -0.25) is 9.58 Å². The summed E-state index contributed by atoms with van der Waals surface area (Å²) < 4.78 is 2.12. The molecule has 2 heterocycles. The van der Waals surface area contributed by atoms with E-state index >= 15 is 0 Å². The van der Waals surface area contributed by atoms with Crippen LogP contribution in [0.2, 0.25) is 0 Å².